The maximum absolute atomic E-state index is 12.9. The van der Waals surface area contributed by atoms with E-state index in [2.05, 4.69) is 40.6 Å². The van der Waals surface area contributed by atoms with Gasteiger partial charge in [-0.3, -0.25) is 9.78 Å². The van der Waals surface area contributed by atoms with Gasteiger partial charge in [0.15, 0.2) is 0 Å². The zero-order valence-corrected chi connectivity index (χ0v) is 19.3. The molecule has 1 atom stereocenters. The number of nitrogens with one attached hydrogen (secondary N) is 1. The van der Waals surface area contributed by atoms with Crippen molar-refractivity contribution in [2.45, 2.75) is 31.2 Å². The van der Waals surface area contributed by atoms with Crippen LogP contribution in [0.2, 0.25) is 0 Å². The summed E-state index contributed by atoms with van der Waals surface area (Å²) in [6.07, 6.45) is 12.2. The molecule has 1 fully saturated rings. The zero-order valence-electron chi connectivity index (χ0n) is 19.3. The Balaban J connectivity index is 1.32. The standard InChI is InChI=1S/C29H25N5O/c30-17-20-3-1-5-22(13-20)25-15-23-7-10-32-19-27(23)28(16-25)33-26-8-11-34(12-9-26)29(35)24-6-2-4-21(14-24)18-31/h1-4,6-7,10,13-16,19,22,26,33H,5,8-9,11-12H2. The maximum Gasteiger partial charge on any atom is 0.253 e. The summed E-state index contributed by atoms with van der Waals surface area (Å²) in [5, 5.41) is 24.4. The fraction of sp³-hybridized carbons (Fsp3) is 0.241. The highest BCUT2D eigenvalue weighted by atomic mass is 16.2. The average Bonchev–Trinajstić information content (AvgIpc) is 2.93. The summed E-state index contributed by atoms with van der Waals surface area (Å²) < 4.78 is 0. The number of pyridine rings is 1. The first kappa shape index (κ1) is 22.4. The van der Waals surface area contributed by atoms with Gasteiger partial charge in [-0.2, -0.15) is 10.5 Å². The second kappa shape index (κ2) is 9.83. The van der Waals surface area contributed by atoms with E-state index in [1.807, 2.05) is 29.3 Å². The molecule has 6 nitrogen and oxygen atoms in total. The van der Waals surface area contributed by atoms with Crippen LogP contribution in [0.4, 0.5) is 5.69 Å². The predicted molar refractivity (Wildman–Crippen MR) is 136 cm³/mol. The molecule has 0 radical (unpaired) electrons. The molecular formula is C29H25N5O. The Kier molecular flexibility index (Phi) is 6.28. The second-order valence-electron chi connectivity index (χ2n) is 9.05. The SMILES string of the molecule is N#CC1=CC(c2cc(NC3CCN(C(=O)c4cccc(C#N)c4)CC3)c3cnccc3c2)CC=C1. The van der Waals surface area contributed by atoms with E-state index in [0.717, 1.165) is 35.7 Å². The Labute approximate surface area is 204 Å². The van der Waals surface area contributed by atoms with E-state index in [9.17, 15) is 10.1 Å². The quantitative estimate of drug-likeness (QED) is 0.570. The van der Waals surface area contributed by atoms with Crippen LogP contribution < -0.4 is 5.32 Å². The number of amides is 1. The largest absolute Gasteiger partial charge is 0.382 e. The third kappa shape index (κ3) is 4.78. The summed E-state index contributed by atoms with van der Waals surface area (Å²) in [6, 6.07) is 17.9. The minimum absolute atomic E-state index is 0.0253. The van der Waals surface area contributed by atoms with Gasteiger partial charge in [-0.15, -0.1) is 0 Å². The minimum atomic E-state index is -0.0253. The van der Waals surface area contributed by atoms with Gasteiger partial charge in [-0.1, -0.05) is 24.3 Å². The number of nitriles is 2. The lowest BCUT2D eigenvalue weighted by atomic mass is 9.88. The van der Waals surface area contributed by atoms with E-state index in [1.165, 1.54) is 5.56 Å². The van der Waals surface area contributed by atoms with Crippen LogP contribution in [0.15, 0.2) is 78.7 Å². The van der Waals surface area contributed by atoms with Crippen LogP contribution >= 0.6 is 0 Å². The Hall–Kier alpha value is -4.42. The van der Waals surface area contributed by atoms with Crippen molar-refractivity contribution in [3.05, 3.63) is 95.3 Å². The molecule has 3 aromatic rings. The molecular weight excluding hydrogens is 434 g/mol. The lowest BCUT2D eigenvalue weighted by Gasteiger charge is -2.33. The first-order valence-corrected chi connectivity index (χ1v) is 11.9. The number of rotatable bonds is 4. The molecule has 1 aliphatic heterocycles. The fourth-order valence-electron chi connectivity index (χ4n) is 4.90. The normalized spacial score (nSPS) is 17.9. The molecule has 1 saturated heterocycles. The van der Waals surface area contributed by atoms with Crippen molar-refractivity contribution >= 4 is 22.4 Å². The molecule has 0 bridgehead atoms. The molecule has 1 aromatic heterocycles. The number of aromatic nitrogens is 1. The van der Waals surface area contributed by atoms with Gasteiger partial charge in [-0.25, -0.2) is 0 Å². The first-order valence-electron chi connectivity index (χ1n) is 11.9. The van der Waals surface area contributed by atoms with Crippen molar-refractivity contribution in [2.75, 3.05) is 18.4 Å². The molecule has 2 aromatic carbocycles. The van der Waals surface area contributed by atoms with E-state index in [0.29, 0.717) is 29.8 Å². The molecule has 2 aliphatic rings. The summed E-state index contributed by atoms with van der Waals surface area (Å²) in [7, 11) is 0. The van der Waals surface area contributed by atoms with Gasteiger partial charge in [0, 0.05) is 59.7 Å². The van der Waals surface area contributed by atoms with Crippen LogP contribution in [0.1, 0.15) is 46.7 Å². The Bertz CT molecular complexity index is 1420. The topological polar surface area (TPSA) is 92.8 Å². The molecule has 1 unspecified atom stereocenters. The van der Waals surface area contributed by atoms with Gasteiger partial charge in [0.25, 0.3) is 5.91 Å². The smallest absolute Gasteiger partial charge is 0.253 e. The van der Waals surface area contributed by atoms with Gasteiger partial charge >= 0.3 is 0 Å². The number of carbonyl (C=O) groups is 1. The molecule has 1 aliphatic carbocycles. The summed E-state index contributed by atoms with van der Waals surface area (Å²) >= 11 is 0. The number of benzene rings is 2. The van der Waals surface area contributed by atoms with Crippen LogP contribution in [0, 0.1) is 22.7 Å². The number of allylic oxidation sites excluding steroid dienone is 4. The maximum atomic E-state index is 12.9. The van der Waals surface area contributed by atoms with Crippen LogP contribution in [0.5, 0.6) is 0 Å². The van der Waals surface area contributed by atoms with Crippen LogP contribution in [0.3, 0.4) is 0 Å². The van der Waals surface area contributed by atoms with E-state index >= 15 is 0 Å². The fourth-order valence-corrected chi connectivity index (χ4v) is 4.90. The molecule has 5 rings (SSSR count). The number of hydrogen-bond acceptors (Lipinski definition) is 5. The highest BCUT2D eigenvalue weighted by Gasteiger charge is 2.24. The summed E-state index contributed by atoms with van der Waals surface area (Å²) in [5.74, 6) is 0.138. The van der Waals surface area contributed by atoms with E-state index in [1.54, 1.807) is 30.5 Å². The van der Waals surface area contributed by atoms with Crippen molar-refractivity contribution in [3.8, 4) is 12.1 Å². The van der Waals surface area contributed by atoms with Gasteiger partial charge < -0.3 is 10.2 Å². The Morgan fingerprint density at radius 3 is 2.74 bits per heavy atom. The first-order chi connectivity index (χ1) is 17.1. The molecule has 1 amide bonds. The number of carbonyl (C=O) groups excluding carboxylic acids is 1. The molecule has 35 heavy (non-hydrogen) atoms. The second-order valence-corrected chi connectivity index (χ2v) is 9.05. The Morgan fingerprint density at radius 2 is 1.94 bits per heavy atom. The molecule has 2 heterocycles. The van der Waals surface area contributed by atoms with Crippen molar-refractivity contribution in [3.63, 3.8) is 0 Å². The lowest BCUT2D eigenvalue weighted by Crippen LogP contribution is -2.42. The highest BCUT2D eigenvalue weighted by molar-refractivity contribution is 5.95. The molecule has 0 spiro atoms. The number of anilines is 1. The van der Waals surface area contributed by atoms with Gasteiger partial charge in [0.2, 0.25) is 0 Å². The summed E-state index contributed by atoms with van der Waals surface area (Å²) in [4.78, 5) is 19.1. The van der Waals surface area contributed by atoms with Crippen molar-refractivity contribution < 1.29 is 4.79 Å². The van der Waals surface area contributed by atoms with E-state index in [4.69, 9.17) is 5.26 Å². The van der Waals surface area contributed by atoms with E-state index < -0.39 is 0 Å². The van der Waals surface area contributed by atoms with Gasteiger partial charge in [-0.05, 0) is 66.6 Å². The van der Waals surface area contributed by atoms with Crippen molar-refractivity contribution in [1.29, 1.82) is 10.5 Å². The van der Waals surface area contributed by atoms with Gasteiger partial charge in [0.1, 0.15) is 0 Å². The number of hydrogen-bond donors (Lipinski definition) is 1. The van der Waals surface area contributed by atoms with Crippen LogP contribution in [-0.2, 0) is 0 Å². The number of piperidine rings is 1. The monoisotopic (exact) mass is 459 g/mol. The number of nitrogens with zero attached hydrogens (tertiary/aromatic N) is 4. The lowest BCUT2D eigenvalue weighted by molar-refractivity contribution is 0.0718. The van der Waals surface area contributed by atoms with Crippen LogP contribution in [0.25, 0.3) is 10.8 Å². The van der Waals surface area contributed by atoms with Crippen molar-refractivity contribution in [1.82, 2.24) is 9.88 Å². The number of likely N-dealkylation sites (tertiary alicyclic amines) is 1. The molecule has 0 saturated carbocycles. The van der Waals surface area contributed by atoms with E-state index in [-0.39, 0.29) is 17.9 Å². The van der Waals surface area contributed by atoms with Crippen LogP contribution in [-0.4, -0.2) is 34.9 Å². The number of fused-ring (bicyclic) bond motifs is 1. The third-order valence-corrected chi connectivity index (χ3v) is 6.78. The molecule has 6 heteroatoms. The highest BCUT2D eigenvalue weighted by Crippen LogP contribution is 2.34. The van der Waals surface area contributed by atoms with Crippen molar-refractivity contribution in [2.24, 2.45) is 0 Å². The average molecular weight is 460 g/mol. The Morgan fingerprint density at radius 1 is 1.09 bits per heavy atom. The molecule has 172 valence electrons. The third-order valence-electron chi connectivity index (χ3n) is 6.78. The summed E-state index contributed by atoms with van der Waals surface area (Å²) in [5.41, 5.74) is 3.97. The van der Waals surface area contributed by atoms with Gasteiger partial charge in [0.05, 0.1) is 17.7 Å². The predicted octanol–water partition coefficient (Wildman–Crippen LogP) is 5.32. The minimum Gasteiger partial charge on any atom is -0.382 e. The molecule has 1 N–H and O–H groups in total. The zero-order chi connectivity index (χ0) is 24.2. The summed E-state index contributed by atoms with van der Waals surface area (Å²) in [6.45, 7) is 1.32.